The Morgan fingerprint density at radius 3 is 2.75 bits per heavy atom. The zero-order valence-corrected chi connectivity index (χ0v) is 14.4. The Bertz CT molecular complexity index is 658. The van der Waals surface area contributed by atoms with Crippen molar-refractivity contribution in [3.8, 4) is 5.75 Å². The average molecular weight is 328 g/mol. The summed E-state index contributed by atoms with van der Waals surface area (Å²) in [5.74, 6) is 1.68. The van der Waals surface area contributed by atoms with Crippen LogP contribution in [0.15, 0.2) is 36.4 Å². The Labute approximate surface area is 142 Å². The summed E-state index contributed by atoms with van der Waals surface area (Å²) in [5, 5.41) is 14.0. The molecule has 2 aromatic rings. The number of nitrogens with one attached hydrogen (secondary N) is 2. The summed E-state index contributed by atoms with van der Waals surface area (Å²) in [7, 11) is 1.64. The SMILES string of the molecule is COc1cccc(C(C)CC(=O)NCCNc2ccc(C)nn2)c1. The van der Waals surface area contributed by atoms with Crippen molar-refractivity contribution in [3.63, 3.8) is 0 Å². The Kier molecular flexibility index (Phi) is 6.54. The molecule has 2 N–H and O–H groups in total. The van der Waals surface area contributed by atoms with Gasteiger partial charge in [0.25, 0.3) is 0 Å². The number of ether oxygens (including phenoxy) is 1. The first kappa shape index (κ1) is 17.7. The molecule has 1 aromatic heterocycles. The van der Waals surface area contributed by atoms with Crippen molar-refractivity contribution < 1.29 is 9.53 Å². The molecule has 0 spiro atoms. The van der Waals surface area contributed by atoms with Gasteiger partial charge in [-0.2, -0.15) is 5.10 Å². The van der Waals surface area contributed by atoms with E-state index in [1.54, 1.807) is 7.11 Å². The lowest BCUT2D eigenvalue weighted by atomic mass is 9.97. The molecule has 1 atom stereocenters. The van der Waals surface area contributed by atoms with E-state index in [4.69, 9.17) is 4.74 Å². The third-order valence-electron chi connectivity index (χ3n) is 3.71. The van der Waals surface area contributed by atoms with Gasteiger partial charge in [0.1, 0.15) is 11.6 Å². The largest absolute Gasteiger partial charge is 0.497 e. The molecule has 6 heteroatoms. The van der Waals surface area contributed by atoms with Crippen LogP contribution in [0.25, 0.3) is 0 Å². The number of hydrogen-bond donors (Lipinski definition) is 2. The van der Waals surface area contributed by atoms with Gasteiger partial charge in [0.15, 0.2) is 0 Å². The maximum Gasteiger partial charge on any atom is 0.220 e. The van der Waals surface area contributed by atoms with Gasteiger partial charge in [-0.1, -0.05) is 19.1 Å². The molecule has 0 fully saturated rings. The van der Waals surface area contributed by atoms with E-state index in [2.05, 4.69) is 20.8 Å². The van der Waals surface area contributed by atoms with Crippen molar-refractivity contribution in [2.24, 2.45) is 0 Å². The van der Waals surface area contributed by atoms with Gasteiger partial charge in [-0.15, -0.1) is 5.10 Å². The summed E-state index contributed by atoms with van der Waals surface area (Å²) in [6, 6.07) is 11.6. The van der Waals surface area contributed by atoms with Gasteiger partial charge in [-0.25, -0.2) is 0 Å². The van der Waals surface area contributed by atoms with Crippen molar-refractivity contribution in [3.05, 3.63) is 47.7 Å². The van der Waals surface area contributed by atoms with E-state index in [1.165, 1.54) is 0 Å². The predicted molar refractivity (Wildman–Crippen MR) is 94.3 cm³/mol. The number of aromatic nitrogens is 2. The monoisotopic (exact) mass is 328 g/mol. The number of benzene rings is 1. The minimum absolute atomic E-state index is 0.0297. The van der Waals surface area contributed by atoms with E-state index >= 15 is 0 Å². The minimum Gasteiger partial charge on any atom is -0.497 e. The van der Waals surface area contributed by atoms with Crippen molar-refractivity contribution in [1.29, 1.82) is 0 Å². The number of carbonyl (C=O) groups excluding carboxylic acids is 1. The first-order valence-corrected chi connectivity index (χ1v) is 8.03. The molecule has 0 saturated carbocycles. The predicted octanol–water partition coefficient (Wildman–Crippen LogP) is 2.52. The molecule has 0 aliphatic rings. The molecule has 1 heterocycles. The molecule has 128 valence electrons. The van der Waals surface area contributed by atoms with Crippen LogP contribution in [-0.4, -0.2) is 36.3 Å². The molecule has 2 rings (SSSR count). The van der Waals surface area contributed by atoms with Gasteiger partial charge >= 0.3 is 0 Å². The van der Waals surface area contributed by atoms with E-state index in [1.807, 2.05) is 50.2 Å². The Morgan fingerprint density at radius 2 is 2.04 bits per heavy atom. The van der Waals surface area contributed by atoms with Crippen LogP contribution in [-0.2, 0) is 4.79 Å². The second-order valence-corrected chi connectivity index (χ2v) is 5.72. The van der Waals surface area contributed by atoms with Crippen LogP contribution in [0.5, 0.6) is 5.75 Å². The highest BCUT2D eigenvalue weighted by Gasteiger charge is 2.11. The van der Waals surface area contributed by atoms with Crippen molar-refractivity contribution >= 4 is 11.7 Å². The van der Waals surface area contributed by atoms with Crippen LogP contribution in [0.2, 0.25) is 0 Å². The maximum absolute atomic E-state index is 12.0. The molecule has 0 bridgehead atoms. The zero-order chi connectivity index (χ0) is 17.4. The molecule has 0 saturated heterocycles. The minimum atomic E-state index is 0.0297. The molecule has 6 nitrogen and oxygen atoms in total. The van der Waals surface area contributed by atoms with Crippen LogP contribution in [0, 0.1) is 6.92 Å². The van der Waals surface area contributed by atoms with Gasteiger partial charge in [-0.05, 0) is 42.7 Å². The van der Waals surface area contributed by atoms with E-state index in [0.717, 1.165) is 17.0 Å². The summed E-state index contributed by atoms with van der Waals surface area (Å²) in [5.41, 5.74) is 1.97. The highest BCUT2D eigenvalue weighted by atomic mass is 16.5. The van der Waals surface area contributed by atoms with Gasteiger partial charge in [0.05, 0.1) is 12.8 Å². The first-order valence-electron chi connectivity index (χ1n) is 8.03. The lowest BCUT2D eigenvalue weighted by molar-refractivity contribution is -0.121. The molecule has 0 radical (unpaired) electrons. The van der Waals surface area contributed by atoms with Gasteiger partial charge in [-0.3, -0.25) is 4.79 Å². The molecule has 1 amide bonds. The molecular weight excluding hydrogens is 304 g/mol. The van der Waals surface area contributed by atoms with Crippen molar-refractivity contribution in [2.75, 3.05) is 25.5 Å². The lowest BCUT2D eigenvalue weighted by Gasteiger charge is -2.13. The quantitative estimate of drug-likeness (QED) is 0.728. The number of amides is 1. The fraction of sp³-hybridized carbons (Fsp3) is 0.389. The van der Waals surface area contributed by atoms with E-state index in [-0.39, 0.29) is 11.8 Å². The van der Waals surface area contributed by atoms with Crippen molar-refractivity contribution in [1.82, 2.24) is 15.5 Å². The smallest absolute Gasteiger partial charge is 0.220 e. The van der Waals surface area contributed by atoms with E-state index in [0.29, 0.717) is 25.3 Å². The number of hydrogen-bond acceptors (Lipinski definition) is 5. The standard InChI is InChI=1S/C18H24N4O2/c1-13(15-5-4-6-16(12-15)24-3)11-18(23)20-10-9-19-17-8-7-14(2)21-22-17/h4-8,12-13H,9-11H2,1-3H3,(H,19,22)(H,20,23). The number of nitrogens with zero attached hydrogens (tertiary/aromatic N) is 2. The van der Waals surface area contributed by atoms with Crippen LogP contribution < -0.4 is 15.4 Å². The fourth-order valence-electron chi connectivity index (χ4n) is 2.30. The summed E-state index contributed by atoms with van der Waals surface area (Å²) >= 11 is 0. The molecule has 0 aliphatic carbocycles. The maximum atomic E-state index is 12.0. The zero-order valence-electron chi connectivity index (χ0n) is 14.4. The topological polar surface area (TPSA) is 76.1 Å². The van der Waals surface area contributed by atoms with E-state index < -0.39 is 0 Å². The molecule has 24 heavy (non-hydrogen) atoms. The number of anilines is 1. The first-order chi connectivity index (χ1) is 11.6. The van der Waals surface area contributed by atoms with Crippen LogP contribution in [0.3, 0.4) is 0 Å². The number of rotatable bonds is 8. The third kappa shape index (κ3) is 5.53. The lowest BCUT2D eigenvalue weighted by Crippen LogP contribution is -2.29. The molecular formula is C18H24N4O2. The summed E-state index contributed by atoms with van der Waals surface area (Å²) in [4.78, 5) is 12.0. The van der Waals surface area contributed by atoms with Crippen LogP contribution in [0.1, 0.15) is 30.5 Å². The van der Waals surface area contributed by atoms with Crippen LogP contribution in [0.4, 0.5) is 5.82 Å². The van der Waals surface area contributed by atoms with Crippen LogP contribution >= 0.6 is 0 Å². The number of aryl methyl sites for hydroxylation is 1. The summed E-state index contributed by atoms with van der Waals surface area (Å²) in [6.07, 6.45) is 0.442. The van der Waals surface area contributed by atoms with E-state index in [9.17, 15) is 4.79 Å². The highest BCUT2D eigenvalue weighted by molar-refractivity contribution is 5.76. The average Bonchev–Trinajstić information content (AvgIpc) is 2.60. The third-order valence-corrected chi connectivity index (χ3v) is 3.71. The molecule has 0 aliphatic heterocycles. The summed E-state index contributed by atoms with van der Waals surface area (Å²) < 4.78 is 5.22. The number of methoxy groups -OCH3 is 1. The fourth-order valence-corrected chi connectivity index (χ4v) is 2.30. The second kappa shape index (κ2) is 8.86. The molecule has 1 unspecified atom stereocenters. The normalized spacial score (nSPS) is 11.6. The second-order valence-electron chi connectivity index (χ2n) is 5.72. The molecule has 1 aromatic carbocycles. The van der Waals surface area contributed by atoms with Gasteiger partial charge < -0.3 is 15.4 Å². The Hall–Kier alpha value is -2.63. The Balaban J connectivity index is 1.71. The number of carbonyl (C=O) groups is 1. The summed E-state index contributed by atoms with van der Waals surface area (Å²) in [6.45, 7) is 5.07. The highest BCUT2D eigenvalue weighted by Crippen LogP contribution is 2.22. The van der Waals surface area contributed by atoms with Crippen molar-refractivity contribution in [2.45, 2.75) is 26.2 Å². The Morgan fingerprint density at radius 1 is 1.21 bits per heavy atom. The van der Waals surface area contributed by atoms with Gasteiger partial charge in [0.2, 0.25) is 5.91 Å². The van der Waals surface area contributed by atoms with Gasteiger partial charge in [0, 0.05) is 19.5 Å².